The zero-order valence-electron chi connectivity index (χ0n) is 29.1. The molecule has 246 valence electrons. The molecule has 0 aliphatic heterocycles. The van der Waals surface area contributed by atoms with E-state index in [1.165, 1.54) is 23.5 Å². The van der Waals surface area contributed by atoms with Gasteiger partial charge in [-0.3, -0.25) is 9.59 Å². The van der Waals surface area contributed by atoms with Crippen molar-refractivity contribution in [1.82, 2.24) is 10.6 Å². The molecule has 0 spiro atoms. The van der Waals surface area contributed by atoms with Crippen LogP contribution in [0.1, 0.15) is 131 Å². The monoisotopic (exact) mass is 644 g/mol. The van der Waals surface area contributed by atoms with Crippen LogP contribution in [0.4, 0.5) is 9.59 Å². The lowest BCUT2D eigenvalue weighted by Gasteiger charge is -2.28. The number of amides is 2. The summed E-state index contributed by atoms with van der Waals surface area (Å²) < 4.78 is 0. The average molecular weight is 645 g/mol. The fourth-order valence-corrected chi connectivity index (χ4v) is 6.38. The SMILES string of the molecule is CC(C)(C)c1cc(SC(=O)NCCCCCCNC(=O)Sc2cc(C(C)(C)C)c(O)c(C(C)(C)C)c2)cc(C(C)(C)C)c1O. The van der Waals surface area contributed by atoms with Crippen LogP contribution >= 0.6 is 23.5 Å². The van der Waals surface area contributed by atoms with Crippen molar-refractivity contribution in [3.05, 3.63) is 46.5 Å². The van der Waals surface area contributed by atoms with Crippen molar-refractivity contribution in [2.45, 2.75) is 140 Å². The highest BCUT2D eigenvalue weighted by Gasteiger charge is 2.28. The summed E-state index contributed by atoms with van der Waals surface area (Å²) in [4.78, 5) is 27.0. The molecule has 44 heavy (non-hydrogen) atoms. The second-order valence-electron chi connectivity index (χ2n) is 15.8. The predicted octanol–water partition coefficient (Wildman–Crippen LogP) is 10.2. The van der Waals surface area contributed by atoms with E-state index < -0.39 is 0 Å². The minimum absolute atomic E-state index is 0.0989. The number of carbonyl (C=O) groups excluding carboxylic acids is 2. The third-order valence-electron chi connectivity index (χ3n) is 7.46. The third-order valence-corrected chi connectivity index (χ3v) is 9.06. The van der Waals surface area contributed by atoms with Crippen LogP contribution in [0.25, 0.3) is 0 Å². The van der Waals surface area contributed by atoms with Crippen LogP contribution in [0.3, 0.4) is 0 Å². The van der Waals surface area contributed by atoms with Crippen molar-refractivity contribution < 1.29 is 19.8 Å². The van der Waals surface area contributed by atoms with Gasteiger partial charge in [-0.05, 0) is 82.3 Å². The van der Waals surface area contributed by atoms with Gasteiger partial charge < -0.3 is 20.8 Å². The number of phenolic OH excluding ortho intramolecular Hbond substituents is 2. The molecule has 0 aliphatic carbocycles. The van der Waals surface area contributed by atoms with Crippen molar-refractivity contribution in [1.29, 1.82) is 0 Å². The van der Waals surface area contributed by atoms with E-state index in [4.69, 9.17) is 0 Å². The van der Waals surface area contributed by atoms with Crippen molar-refractivity contribution in [3.8, 4) is 11.5 Å². The Kier molecular flexibility index (Phi) is 12.8. The number of phenols is 2. The maximum Gasteiger partial charge on any atom is 0.283 e. The van der Waals surface area contributed by atoms with Gasteiger partial charge in [0.05, 0.1) is 0 Å². The Bertz CT molecular complexity index is 1140. The maximum atomic E-state index is 12.7. The summed E-state index contributed by atoms with van der Waals surface area (Å²) >= 11 is 2.34. The molecule has 0 radical (unpaired) electrons. The summed E-state index contributed by atoms with van der Waals surface area (Å²) in [7, 11) is 0. The summed E-state index contributed by atoms with van der Waals surface area (Å²) in [5, 5.41) is 27.6. The van der Waals surface area contributed by atoms with E-state index in [1.807, 2.05) is 24.3 Å². The average Bonchev–Trinajstić information content (AvgIpc) is 2.84. The van der Waals surface area contributed by atoms with Gasteiger partial charge in [-0.1, -0.05) is 95.9 Å². The van der Waals surface area contributed by atoms with E-state index in [2.05, 4.69) is 93.7 Å². The summed E-state index contributed by atoms with van der Waals surface area (Å²) in [5.41, 5.74) is 2.41. The van der Waals surface area contributed by atoms with E-state index in [-0.39, 0.29) is 32.1 Å². The molecule has 2 rings (SSSR count). The quantitative estimate of drug-likeness (QED) is 0.160. The molecular weight excluding hydrogens is 589 g/mol. The molecule has 0 aromatic heterocycles. The molecule has 0 saturated heterocycles. The standard InChI is InChI=1S/C36H56N2O4S2/c1-33(2,3)25-19-23(20-26(29(25)39)34(4,5)6)43-31(41)37-17-15-13-14-16-18-38-32(42)44-24-21-27(35(7,8)9)30(40)28(22-24)36(10,11)12/h19-22,39-40H,13-18H2,1-12H3,(H,37,41)(H,38,42). The molecule has 0 fully saturated rings. The highest BCUT2D eigenvalue weighted by molar-refractivity contribution is 8.13. The van der Waals surface area contributed by atoms with Gasteiger partial charge in [0.25, 0.3) is 10.5 Å². The van der Waals surface area contributed by atoms with E-state index >= 15 is 0 Å². The highest BCUT2D eigenvalue weighted by Crippen LogP contribution is 2.43. The van der Waals surface area contributed by atoms with Gasteiger partial charge in [0.2, 0.25) is 0 Å². The Morgan fingerprint density at radius 1 is 0.523 bits per heavy atom. The van der Waals surface area contributed by atoms with Crippen molar-refractivity contribution >= 4 is 34.0 Å². The number of thioether (sulfide) groups is 2. The molecule has 0 unspecified atom stereocenters. The molecule has 0 aliphatic rings. The van der Waals surface area contributed by atoms with E-state index in [0.717, 1.165) is 57.7 Å². The number of nitrogens with one attached hydrogen (secondary N) is 2. The molecule has 0 bridgehead atoms. The molecular formula is C36H56N2O4S2. The largest absolute Gasteiger partial charge is 0.507 e. The number of carbonyl (C=O) groups is 2. The second kappa shape index (κ2) is 14.8. The van der Waals surface area contributed by atoms with Gasteiger partial charge in [0, 0.05) is 45.1 Å². The molecule has 0 saturated carbocycles. The Morgan fingerprint density at radius 3 is 1.00 bits per heavy atom. The molecule has 0 heterocycles. The lowest BCUT2D eigenvalue weighted by atomic mass is 9.79. The zero-order chi connectivity index (χ0) is 33.7. The van der Waals surface area contributed by atoms with Crippen LogP contribution in [0.2, 0.25) is 0 Å². The minimum atomic E-state index is -0.244. The normalized spacial score (nSPS) is 12.7. The maximum absolute atomic E-state index is 12.7. The lowest BCUT2D eigenvalue weighted by molar-refractivity contribution is 0.259. The lowest BCUT2D eigenvalue weighted by Crippen LogP contribution is -2.21. The first-order chi connectivity index (χ1) is 20.0. The molecule has 8 heteroatoms. The van der Waals surface area contributed by atoms with Crippen LogP contribution in [-0.2, 0) is 21.7 Å². The molecule has 4 N–H and O–H groups in total. The van der Waals surface area contributed by atoms with E-state index in [9.17, 15) is 19.8 Å². The number of benzene rings is 2. The van der Waals surface area contributed by atoms with Crippen molar-refractivity contribution in [3.63, 3.8) is 0 Å². The first-order valence-corrected chi connectivity index (χ1v) is 17.3. The molecule has 0 atom stereocenters. The third kappa shape index (κ3) is 11.2. The van der Waals surface area contributed by atoms with Gasteiger partial charge in [-0.15, -0.1) is 0 Å². The summed E-state index contributed by atoms with van der Waals surface area (Å²) in [6, 6.07) is 7.71. The summed E-state index contributed by atoms with van der Waals surface area (Å²) in [6.45, 7) is 26.0. The number of hydrogen-bond donors (Lipinski definition) is 4. The number of aromatic hydroxyl groups is 2. The van der Waals surface area contributed by atoms with Gasteiger partial charge in [0.1, 0.15) is 11.5 Å². The van der Waals surface area contributed by atoms with Crippen LogP contribution in [0.5, 0.6) is 11.5 Å². The van der Waals surface area contributed by atoms with Gasteiger partial charge >= 0.3 is 0 Å². The van der Waals surface area contributed by atoms with Crippen LogP contribution < -0.4 is 10.6 Å². The van der Waals surface area contributed by atoms with Crippen LogP contribution in [-0.4, -0.2) is 33.8 Å². The number of rotatable bonds is 9. The molecule has 2 amide bonds. The van der Waals surface area contributed by atoms with Crippen molar-refractivity contribution in [2.75, 3.05) is 13.1 Å². The van der Waals surface area contributed by atoms with E-state index in [1.54, 1.807) is 0 Å². The predicted molar refractivity (Wildman–Crippen MR) is 188 cm³/mol. The van der Waals surface area contributed by atoms with Gasteiger partial charge in [0.15, 0.2) is 0 Å². The Morgan fingerprint density at radius 2 is 0.773 bits per heavy atom. The van der Waals surface area contributed by atoms with Crippen LogP contribution in [0, 0.1) is 0 Å². The van der Waals surface area contributed by atoms with E-state index in [0.29, 0.717) is 24.6 Å². The summed E-state index contributed by atoms with van der Waals surface area (Å²) in [6.07, 6.45) is 3.64. The Labute approximate surface area is 275 Å². The van der Waals surface area contributed by atoms with Gasteiger partial charge in [-0.25, -0.2) is 0 Å². The van der Waals surface area contributed by atoms with Crippen molar-refractivity contribution in [2.24, 2.45) is 0 Å². The Balaban J connectivity index is 1.79. The fourth-order valence-electron chi connectivity index (χ4n) is 4.89. The second-order valence-corrected chi connectivity index (χ2v) is 17.9. The molecule has 6 nitrogen and oxygen atoms in total. The zero-order valence-corrected chi connectivity index (χ0v) is 30.7. The fraction of sp³-hybridized carbons (Fsp3) is 0.611. The first-order valence-electron chi connectivity index (χ1n) is 15.7. The summed E-state index contributed by atoms with van der Waals surface area (Å²) in [5.74, 6) is 0.628. The topological polar surface area (TPSA) is 98.7 Å². The number of unbranched alkanes of at least 4 members (excludes halogenated alkanes) is 3. The highest BCUT2D eigenvalue weighted by atomic mass is 32.2. The minimum Gasteiger partial charge on any atom is -0.507 e. The smallest absolute Gasteiger partial charge is 0.283 e. The Hall–Kier alpha value is -2.32. The molecule has 2 aromatic carbocycles. The molecule has 2 aromatic rings. The van der Waals surface area contributed by atoms with Gasteiger partial charge in [-0.2, -0.15) is 0 Å². The first kappa shape index (κ1) is 37.9. The van der Waals surface area contributed by atoms with Crippen LogP contribution in [0.15, 0.2) is 34.1 Å². The number of hydrogen-bond acceptors (Lipinski definition) is 6.